The fourth-order valence-corrected chi connectivity index (χ4v) is 3.84. The summed E-state index contributed by atoms with van der Waals surface area (Å²) >= 11 is 0. The molecule has 0 fully saturated rings. The number of benzene rings is 1. The van der Waals surface area contributed by atoms with Gasteiger partial charge in [-0.25, -0.2) is 14.4 Å². The van der Waals surface area contributed by atoms with Gasteiger partial charge in [0, 0.05) is 12.5 Å². The van der Waals surface area contributed by atoms with Gasteiger partial charge in [-0.1, -0.05) is 46.6 Å². The molecular formula is C31H49NO10. The first-order valence-electron chi connectivity index (χ1n) is 14.8. The van der Waals surface area contributed by atoms with E-state index < -0.39 is 47.6 Å². The van der Waals surface area contributed by atoms with Crippen LogP contribution in [0, 0.1) is 5.41 Å². The smallest absolute Gasteiger partial charge is 0.477 e. The summed E-state index contributed by atoms with van der Waals surface area (Å²) in [5.74, 6) is -2.40. The minimum absolute atomic E-state index is 0.132. The monoisotopic (exact) mass is 595 g/mol. The van der Waals surface area contributed by atoms with Crippen molar-refractivity contribution in [1.29, 1.82) is 0 Å². The summed E-state index contributed by atoms with van der Waals surface area (Å²) in [6.07, 6.45) is 0.670. The van der Waals surface area contributed by atoms with E-state index in [-0.39, 0.29) is 24.0 Å². The number of hydrogen-bond acceptors (Lipinski definition) is 10. The minimum Gasteiger partial charge on any atom is -0.477 e. The highest BCUT2D eigenvalue weighted by Crippen LogP contribution is 2.33. The van der Waals surface area contributed by atoms with Crippen molar-refractivity contribution in [1.82, 2.24) is 5.32 Å². The van der Waals surface area contributed by atoms with Gasteiger partial charge >= 0.3 is 24.2 Å². The molecule has 0 saturated carbocycles. The quantitative estimate of drug-likeness (QED) is 0.0849. The normalized spacial score (nSPS) is 15.0. The van der Waals surface area contributed by atoms with Gasteiger partial charge in [-0.2, -0.15) is 0 Å². The number of rotatable bonds is 17. The third-order valence-electron chi connectivity index (χ3n) is 6.97. The summed E-state index contributed by atoms with van der Waals surface area (Å²) in [7, 11) is 0. The molecule has 4 atom stereocenters. The zero-order chi connectivity index (χ0) is 32.1. The molecule has 11 nitrogen and oxygen atoms in total. The van der Waals surface area contributed by atoms with Crippen LogP contribution in [-0.4, -0.2) is 53.3 Å². The third kappa shape index (κ3) is 11.5. The van der Waals surface area contributed by atoms with E-state index in [4.69, 9.17) is 23.7 Å². The maximum Gasteiger partial charge on any atom is 0.514 e. The molecule has 1 rings (SSSR count). The van der Waals surface area contributed by atoms with Crippen LogP contribution in [0.25, 0.3) is 0 Å². The van der Waals surface area contributed by atoms with Crippen LogP contribution < -0.4 is 14.8 Å². The van der Waals surface area contributed by atoms with E-state index in [1.165, 1.54) is 18.2 Å². The highest BCUT2D eigenvalue weighted by molar-refractivity contribution is 5.84. The molecule has 238 valence electrons. The zero-order valence-electron chi connectivity index (χ0n) is 26.5. The van der Waals surface area contributed by atoms with Gasteiger partial charge in [0.1, 0.15) is 12.2 Å². The minimum atomic E-state index is -2.14. The predicted octanol–water partition coefficient (Wildman–Crippen LogP) is 6.79. The number of esters is 1. The molecule has 0 aliphatic carbocycles. The van der Waals surface area contributed by atoms with Crippen molar-refractivity contribution in [2.45, 2.75) is 131 Å². The van der Waals surface area contributed by atoms with Crippen LogP contribution in [0.2, 0.25) is 0 Å². The molecule has 11 heteroatoms. The number of nitrogens with one attached hydrogen (secondary N) is 1. The molecule has 0 aromatic heterocycles. The molecule has 0 radical (unpaired) electrons. The summed E-state index contributed by atoms with van der Waals surface area (Å²) in [6.45, 7) is 16.2. The number of carboxylic acids is 1. The van der Waals surface area contributed by atoms with Crippen molar-refractivity contribution in [3.63, 3.8) is 0 Å². The second-order valence-electron chi connectivity index (χ2n) is 11.3. The summed E-state index contributed by atoms with van der Waals surface area (Å²) in [5.41, 5.74) is -2.75. The van der Waals surface area contributed by atoms with E-state index in [1.807, 2.05) is 27.7 Å². The van der Waals surface area contributed by atoms with Gasteiger partial charge < -0.3 is 28.8 Å². The lowest BCUT2D eigenvalue weighted by Crippen LogP contribution is -2.60. The van der Waals surface area contributed by atoms with Crippen LogP contribution in [0.1, 0.15) is 106 Å². The van der Waals surface area contributed by atoms with Gasteiger partial charge in [0.15, 0.2) is 11.5 Å². The molecule has 3 unspecified atom stereocenters. The van der Waals surface area contributed by atoms with E-state index in [0.717, 1.165) is 12.8 Å². The Balaban J connectivity index is 3.51. The second kappa shape index (κ2) is 16.9. The van der Waals surface area contributed by atoms with E-state index in [9.17, 15) is 24.3 Å². The van der Waals surface area contributed by atoms with E-state index in [2.05, 4.69) is 5.32 Å². The lowest BCUT2D eigenvalue weighted by molar-refractivity contribution is -0.191. The highest BCUT2D eigenvalue weighted by Gasteiger charge is 2.46. The van der Waals surface area contributed by atoms with E-state index in [0.29, 0.717) is 31.2 Å². The summed E-state index contributed by atoms with van der Waals surface area (Å²) in [5, 5.41) is 13.3. The van der Waals surface area contributed by atoms with Gasteiger partial charge in [0.25, 0.3) is 5.72 Å². The van der Waals surface area contributed by atoms with Crippen LogP contribution >= 0.6 is 0 Å². The maximum atomic E-state index is 13.1. The Hall–Kier alpha value is -3.34. The second-order valence-corrected chi connectivity index (χ2v) is 11.3. The van der Waals surface area contributed by atoms with E-state index in [1.54, 1.807) is 34.6 Å². The van der Waals surface area contributed by atoms with Crippen LogP contribution in [-0.2, 0) is 30.2 Å². The van der Waals surface area contributed by atoms with Crippen LogP contribution in [0.15, 0.2) is 18.2 Å². The first kappa shape index (κ1) is 36.7. The van der Waals surface area contributed by atoms with Gasteiger partial charge in [-0.05, 0) is 78.0 Å². The van der Waals surface area contributed by atoms with Crippen molar-refractivity contribution in [2.75, 3.05) is 0 Å². The topological polar surface area (TPSA) is 147 Å². The molecule has 1 aromatic carbocycles. The van der Waals surface area contributed by atoms with Crippen molar-refractivity contribution in [3.8, 4) is 11.5 Å². The maximum absolute atomic E-state index is 13.1. The molecule has 1 aromatic rings. The number of ether oxygens (including phenoxy) is 5. The van der Waals surface area contributed by atoms with Gasteiger partial charge in [-0.15, -0.1) is 0 Å². The molecule has 0 aliphatic rings. The Morgan fingerprint density at radius 3 is 1.83 bits per heavy atom. The molecule has 0 saturated heterocycles. The first-order chi connectivity index (χ1) is 19.6. The Bertz CT molecular complexity index is 1060. The average Bonchev–Trinajstić information content (AvgIpc) is 2.89. The molecule has 0 spiro atoms. The lowest BCUT2D eigenvalue weighted by atomic mass is 9.90. The average molecular weight is 596 g/mol. The Morgan fingerprint density at radius 1 is 0.857 bits per heavy atom. The lowest BCUT2D eigenvalue weighted by Gasteiger charge is -2.35. The van der Waals surface area contributed by atoms with Gasteiger partial charge in [0.2, 0.25) is 0 Å². The molecule has 0 amide bonds. The van der Waals surface area contributed by atoms with Crippen molar-refractivity contribution in [2.24, 2.45) is 5.41 Å². The van der Waals surface area contributed by atoms with Crippen LogP contribution in [0.3, 0.4) is 0 Å². The van der Waals surface area contributed by atoms with Crippen molar-refractivity contribution in [3.05, 3.63) is 23.8 Å². The van der Waals surface area contributed by atoms with Crippen molar-refractivity contribution < 1.29 is 48.0 Å². The van der Waals surface area contributed by atoms with Crippen LogP contribution in [0.4, 0.5) is 9.59 Å². The van der Waals surface area contributed by atoms with Crippen LogP contribution in [0.5, 0.6) is 11.5 Å². The standard InChI is InChI=1S/C31H49NO10/c1-10-14-21(6)38-28(36)40-24-17-16-23(18-25(24)41-29(37)39-22(7)15-11-2)19-31(26(33)34,32-20(5)12-3)42-27(35)30(8,9)13-4/h16-18,20-22,32H,10-15,19H2,1-9H3,(H,33,34)/t20?,21?,22?,31-/m0/s1. The molecular weight excluding hydrogens is 546 g/mol. The predicted molar refractivity (Wildman–Crippen MR) is 157 cm³/mol. The Labute approximate surface area is 249 Å². The fourth-order valence-electron chi connectivity index (χ4n) is 3.84. The summed E-state index contributed by atoms with van der Waals surface area (Å²) in [6, 6.07) is 3.86. The highest BCUT2D eigenvalue weighted by atomic mass is 16.7. The number of hydrogen-bond donors (Lipinski definition) is 2. The fraction of sp³-hybridized carbons (Fsp3) is 0.677. The first-order valence-corrected chi connectivity index (χ1v) is 14.8. The molecule has 0 aliphatic heterocycles. The largest absolute Gasteiger partial charge is 0.514 e. The number of carbonyl (C=O) groups excluding carboxylic acids is 3. The molecule has 42 heavy (non-hydrogen) atoms. The molecule has 0 heterocycles. The molecule has 2 N–H and O–H groups in total. The number of carboxylic acid groups (broad SMARTS) is 1. The molecule has 0 bridgehead atoms. The van der Waals surface area contributed by atoms with Gasteiger partial charge in [-0.3, -0.25) is 10.1 Å². The van der Waals surface area contributed by atoms with Crippen molar-refractivity contribution >= 4 is 24.2 Å². The summed E-state index contributed by atoms with van der Waals surface area (Å²) < 4.78 is 27.0. The summed E-state index contributed by atoms with van der Waals surface area (Å²) in [4.78, 5) is 50.8. The SMILES string of the molecule is CCCC(C)OC(=O)Oc1ccc(C[C@](NC(C)CC)(OC(=O)C(C)(C)CC)C(=O)O)cc1OC(=O)OC(C)CCC. The Morgan fingerprint density at radius 2 is 1.38 bits per heavy atom. The third-order valence-corrected chi connectivity index (χ3v) is 6.97. The Kier molecular flexibility index (Phi) is 14.8. The van der Waals surface area contributed by atoms with E-state index >= 15 is 0 Å². The number of carbonyl (C=O) groups is 4. The zero-order valence-corrected chi connectivity index (χ0v) is 26.5. The number of aliphatic carboxylic acids is 1. The van der Waals surface area contributed by atoms with Gasteiger partial charge in [0.05, 0.1) is 5.41 Å².